The molecule has 3 rings (SSSR count). The number of rotatable bonds is 7. The van der Waals surface area contributed by atoms with Crippen molar-refractivity contribution in [2.75, 3.05) is 12.4 Å². The van der Waals surface area contributed by atoms with Gasteiger partial charge in [0.25, 0.3) is 0 Å². The zero-order chi connectivity index (χ0) is 21.0. The molecule has 7 nitrogen and oxygen atoms in total. The Morgan fingerprint density at radius 1 is 1.31 bits per heavy atom. The number of hydrogen-bond donors (Lipinski definition) is 2. The molecule has 1 aromatic heterocycles. The van der Waals surface area contributed by atoms with E-state index in [1.165, 1.54) is 22.8 Å². The van der Waals surface area contributed by atoms with E-state index in [9.17, 15) is 13.6 Å². The minimum atomic E-state index is -2.99. The van der Waals surface area contributed by atoms with Gasteiger partial charge >= 0.3 is 6.61 Å². The van der Waals surface area contributed by atoms with Gasteiger partial charge in [0.15, 0.2) is 10.6 Å². The number of anilines is 1. The fourth-order valence-electron chi connectivity index (χ4n) is 2.54. The van der Waals surface area contributed by atoms with Crippen LogP contribution >= 0.6 is 23.8 Å². The monoisotopic (exact) mass is 440 g/mol. The van der Waals surface area contributed by atoms with Crippen LogP contribution < -0.4 is 14.8 Å². The van der Waals surface area contributed by atoms with Gasteiger partial charge in [-0.25, -0.2) is 0 Å². The lowest BCUT2D eigenvalue weighted by atomic mass is 10.2. The van der Waals surface area contributed by atoms with Crippen LogP contribution in [-0.2, 0) is 11.3 Å². The minimum Gasteiger partial charge on any atom is -0.497 e. The number of nitrogens with one attached hydrogen (secondary N) is 2. The van der Waals surface area contributed by atoms with Gasteiger partial charge in [-0.1, -0.05) is 11.6 Å². The number of nitrogens with zero attached hydrogens (tertiary/aromatic N) is 2. The number of H-pyrrole nitrogens is 1. The molecule has 1 amide bonds. The fraction of sp³-hybridized carbons (Fsp3) is 0.167. The normalized spacial score (nSPS) is 10.8. The molecule has 0 radical (unpaired) electrons. The SMILES string of the molecule is COc1ccc(-c2n[nH]c(=S)n2CC(=O)Nc2ccc(OC(F)F)c(Cl)c2)cc1. The summed E-state index contributed by atoms with van der Waals surface area (Å²) < 4.78 is 35.8. The average molecular weight is 441 g/mol. The maximum atomic E-state index is 12.5. The number of methoxy groups -OCH3 is 1. The second-order valence-electron chi connectivity index (χ2n) is 5.74. The van der Waals surface area contributed by atoms with E-state index in [2.05, 4.69) is 20.3 Å². The van der Waals surface area contributed by atoms with Crippen molar-refractivity contribution in [1.29, 1.82) is 0 Å². The van der Waals surface area contributed by atoms with Crippen molar-refractivity contribution in [2.45, 2.75) is 13.2 Å². The van der Waals surface area contributed by atoms with Crippen LogP contribution in [0.4, 0.5) is 14.5 Å². The molecule has 0 aliphatic carbocycles. The summed E-state index contributed by atoms with van der Waals surface area (Å²) in [5.74, 6) is 0.573. The molecule has 11 heteroatoms. The number of alkyl halides is 2. The Morgan fingerprint density at radius 2 is 2.03 bits per heavy atom. The average Bonchev–Trinajstić information content (AvgIpc) is 3.04. The maximum Gasteiger partial charge on any atom is 0.387 e. The lowest BCUT2D eigenvalue weighted by Gasteiger charge is -2.11. The molecule has 0 atom stereocenters. The standard InChI is InChI=1S/C18H15ClF2N4O3S/c1-27-12-5-2-10(3-6-12)16-23-24-18(29)25(16)9-15(26)22-11-4-7-14(13(19)8-11)28-17(20)21/h2-8,17H,9H2,1H3,(H,22,26)(H,24,29). The van der Waals surface area contributed by atoms with E-state index >= 15 is 0 Å². The Morgan fingerprint density at radius 3 is 2.66 bits per heavy atom. The number of amides is 1. The van der Waals surface area contributed by atoms with Crippen LogP contribution in [0.1, 0.15) is 0 Å². The van der Waals surface area contributed by atoms with E-state index in [0.717, 1.165) is 5.56 Å². The number of carbonyl (C=O) groups excluding carboxylic acids is 1. The highest BCUT2D eigenvalue weighted by Crippen LogP contribution is 2.29. The zero-order valence-corrected chi connectivity index (χ0v) is 16.6. The highest BCUT2D eigenvalue weighted by Gasteiger charge is 2.14. The molecule has 152 valence electrons. The molecule has 3 aromatic rings. The van der Waals surface area contributed by atoms with Gasteiger partial charge in [0.1, 0.15) is 18.0 Å². The number of ether oxygens (including phenoxy) is 2. The predicted octanol–water partition coefficient (Wildman–Crippen LogP) is 4.51. The largest absolute Gasteiger partial charge is 0.497 e. The highest BCUT2D eigenvalue weighted by atomic mass is 35.5. The summed E-state index contributed by atoms with van der Waals surface area (Å²) in [5, 5.41) is 9.41. The van der Waals surface area contributed by atoms with Crippen LogP contribution in [0, 0.1) is 4.77 Å². The van der Waals surface area contributed by atoms with Crippen LogP contribution in [-0.4, -0.2) is 34.4 Å². The van der Waals surface area contributed by atoms with Gasteiger partial charge in [0, 0.05) is 11.3 Å². The van der Waals surface area contributed by atoms with E-state index in [-0.39, 0.29) is 22.1 Å². The van der Waals surface area contributed by atoms with Gasteiger partial charge in [-0.2, -0.15) is 13.9 Å². The number of benzene rings is 2. The summed E-state index contributed by atoms with van der Waals surface area (Å²) in [7, 11) is 1.56. The molecule has 29 heavy (non-hydrogen) atoms. The van der Waals surface area contributed by atoms with Gasteiger partial charge in [0.2, 0.25) is 5.91 Å². The molecule has 0 spiro atoms. The molecule has 2 N–H and O–H groups in total. The Kier molecular flexibility index (Phi) is 6.45. The molecule has 0 fully saturated rings. The Hall–Kier alpha value is -2.98. The third-order valence-electron chi connectivity index (χ3n) is 3.84. The first-order valence-electron chi connectivity index (χ1n) is 8.21. The van der Waals surface area contributed by atoms with Crippen molar-refractivity contribution >= 4 is 35.4 Å². The van der Waals surface area contributed by atoms with Crippen LogP contribution in [0.3, 0.4) is 0 Å². The first-order valence-corrected chi connectivity index (χ1v) is 9.00. The lowest BCUT2D eigenvalue weighted by Crippen LogP contribution is -2.19. The van der Waals surface area contributed by atoms with Crippen molar-refractivity contribution in [1.82, 2.24) is 14.8 Å². The second-order valence-corrected chi connectivity index (χ2v) is 6.53. The molecule has 1 heterocycles. The molecule has 2 aromatic carbocycles. The number of halogens is 3. The Bertz CT molecular complexity index is 1070. The molecule has 0 aliphatic heterocycles. The minimum absolute atomic E-state index is 0.0538. The van der Waals surface area contributed by atoms with Gasteiger partial charge in [-0.3, -0.25) is 14.5 Å². The van der Waals surface area contributed by atoms with E-state index in [0.29, 0.717) is 17.3 Å². The maximum absolute atomic E-state index is 12.5. The topological polar surface area (TPSA) is 81.2 Å². The van der Waals surface area contributed by atoms with Crippen molar-refractivity contribution in [3.8, 4) is 22.9 Å². The van der Waals surface area contributed by atoms with Crippen molar-refractivity contribution in [2.24, 2.45) is 0 Å². The number of aromatic amines is 1. The van der Waals surface area contributed by atoms with E-state index in [1.807, 2.05) is 0 Å². The van der Waals surface area contributed by atoms with Crippen LogP contribution in [0.25, 0.3) is 11.4 Å². The zero-order valence-electron chi connectivity index (χ0n) is 15.0. The van der Waals surface area contributed by atoms with Gasteiger partial charge in [0.05, 0.1) is 12.1 Å². The quantitative estimate of drug-likeness (QED) is 0.528. The summed E-state index contributed by atoms with van der Waals surface area (Å²) in [5.41, 5.74) is 1.06. The van der Waals surface area contributed by atoms with Gasteiger partial charge in [-0.15, -0.1) is 0 Å². The molecule has 0 saturated heterocycles. The molecule has 0 aliphatic rings. The highest BCUT2D eigenvalue weighted by molar-refractivity contribution is 7.71. The van der Waals surface area contributed by atoms with Crippen LogP contribution in [0.5, 0.6) is 11.5 Å². The number of carbonyl (C=O) groups is 1. The third-order valence-corrected chi connectivity index (χ3v) is 4.45. The summed E-state index contributed by atoms with van der Waals surface area (Å²) in [6.45, 7) is -3.11. The summed E-state index contributed by atoms with van der Waals surface area (Å²) in [6, 6.07) is 11.1. The van der Waals surface area contributed by atoms with Gasteiger partial charge < -0.3 is 14.8 Å². The van der Waals surface area contributed by atoms with Crippen LogP contribution in [0.2, 0.25) is 5.02 Å². The third kappa shape index (κ3) is 5.09. The molecule has 0 bridgehead atoms. The lowest BCUT2D eigenvalue weighted by molar-refractivity contribution is -0.116. The summed E-state index contributed by atoms with van der Waals surface area (Å²) >= 11 is 11.1. The van der Waals surface area contributed by atoms with E-state index < -0.39 is 12.5 Å². The number of hydrogen-bond acceptors (Lipinski definition) is 5. The van der Waals surface area contributed by atoms with Crippen molar-refractivity contribution in [3.63, 3.8) is 0 Å². The van der Waals surface area contributed by atoms with Crippen LogP contribution in [0.15, 0.2) is 42.5 Å². The molecule has 0 saturated carbocycles. The molecule has 0 unspecified atom stereocenters. The van der Waals surface area contributed by atoms with E-state index in [4.69, 9.17) is 28.6 Å². The second kappa shape index (κ2) is 9.01. The molecular weight excluding hydrogens is 426 g/mol. The van der Waals surface area contributed by atoms with Crippen molar-refractivity contribution in [3.05, 3.63) is 52.3 Å². The van der Waals surface area contributed by atoms with Gasteiger partial charge in [-0.05, 0) is 54.7 Å². The Labute approximate surface area is 174 Å². The summed E-state index contributed by atoms with van der Waals surface area (Å²) in [4.78, 5) is 12.5. The van der Waals surface area contributed by atoms with Crippen molar-refractivity contribution < 1.29 is 23.0 Å². The summed E-state index contributed by atoms with van der Waals surface area (Å²) in [6.07, 6.45) is 0. The first-order chi connectivity index (χ1) is 13.9. The smallest absolute Gasteiger partial charge is 0.387 e. The molecular formula is C18H15ClF2N4O3S. The fourth-order valence-corrected chi connectivity index (χ4v) is 2.96. The first kappa shape index (κ1) is 20.7. The predicted molar refractivity (Wildman–Crippen MR) is 106 cm³/mol. The Balaban J connectivity index is 1.75. The van der Waals surface area contributed by atoms with E-state index in [1.54, 1.807) is 31.4 Å². The number of aromatic nitrogens is 3.